The van der Waals surface area contributed by atoms with Crippen molar-refractivity contribution >= 4 is 28.6 Å². The number of aliphatic hydroxyl groups is 1. The number of hydrogen-bond acceptors (Lipinski definition) is 4. The lowest BCUT2D eigenvalue weighted by atomic mass is 10.1. The van der Waals surface area contributed by atoms with E-state index in [0.717, 1.165) is 36.9 Å². The summed E-state index contributed by atoms with van der Waals surface area (Å²) in [7, 11) is 0. The van der Waals surface area contributed by atoms with Gasteiger partial charge in [0.25, 0.3) is 0 Å². The maximum absolute atomic E-state index is 14.8. The van der Waals surface area contributed by atoms with Crippen LogP contribution in [0.25, 0.3) is 10.9 Å². The highest BCUT2D eigenvalue weighted by atomic mass is 32.2. The number of aromatic carboxylic acids is 1. The molecule has 0 atom stereocenters. The van der Waals surface area contributed by atoms with Crippen molar-refractivity contribution in [3.63, 3.8) is 0 Å². The number of hydrogen-bond donors (Lipinski definition) is 2. The summed E-state index contributed by atoms with van der Waals surface area (Å²) in [4.78, 5) is 23.2. The summed E-state index contributed by atoms with van der Waals surface area (Å²) < 4.78 is 30.3. The number of carboxylic acid groups (broad SMARTS) is 1. The second-order valence-electron chi connectivity index (χ2n) is 5.29. The highest BCUT2D eigenvalue weighted by Gasteiger charge is 2.29. The summed E-state index contributed by atoms with van der Waals surface area (Å²) in [6, 6.07) is 0.790. The Morgan fingerprint density at radius 2 is 2.09 bits per heavy atom. The fourth-order valence-electron chi connectivity index (χ4n) is 2.50. The fraction of sp³-hybridized carbons (Fsp3) is 0.333. The number of thioether (sulfide) groups is 1. The molecule has 0 aliphatic heterocycles. The minimum atomic E-state index is -1.43. The maximum atomic E-state index is 14.8. The van der Waals surface area contributed by atoms with E-state index in [9.17, 15) is 18.4 Å². The Hall–Kier alpha value is -1.93. The SMILES string of the molecule is O=C(O)c1cn(C2CC2)c2c(F)c(SCCO)c(F)cc2c1=O. The summed E-state index contributed by atoms with van der Waals surface area (Å²) in [5.41, 5.74) is -1.48. The summed E-state index contributed by atoms with van der Waals surface area (Å²) in [5.74, 6) is -3.14. The van der Waals surface area contributed by atoms with Gasteiger partial charge in [-0.25, -0.2) is 13.6 Å². The first-order valence-corrected chi connectivity index (χ1v) is 7.98. The number of aromatic nitrogens is 1. The Morgan fingerprint density at radius 3 is 2.65 bits per heavy atom. The lowest BCUT2D eigenvalue weighted by Gasteiger charge is -2.14. The Balaban J connectivity index is 2.35. The summed E-state index contributed by atoms with van der Waals surface area (Å²) >= 11 is 0.814. The molecule has 122 valence electrons. The number of benzene rings is 1. The number of aliphatic hydroxyl groups excluding tert-OH is 1. The number of nitrogens with zero attached hydrogens (tertiary/aromatic N) is 1. The van der Waals surface area contributed by atoms with Gasteiger partial charge in [-0.2, -0.15) is 0 Å². The molecular weight excluding hydrogens is 328 g/mol. The molecule has 0 saturated heterocycles. The Morgan fingerprint density at radius 1 is 1.39 bits per heavy atom. The van der Waals surface area contributed by atoms with Gasteiger partial charge in [0.1, 0.15) is 11.4 Å². The topological polar surface area (TPSA) is 79.5 Å². The van der Waals surface area contributed by atoms with Crippen molar-refractivity contribution in [3.05, 3.63) is 39.7 Å². The average molecular weight is 341 g/mol. The van der Waals surface area contributed by atoms with E-state index in [4.69, 9.17) is 10.2 Å². The number of carboxylic acids is 1. The summed E-state index contributed by atoms with van der Waals surface area (Å²) in [5, 5.41) is 17.7. The number of rotatable bonds is 5. The molecule has 0 unspecified atom stereocenters. The van der Waals surface area contributed by atoms with Gasteiger partial charge in [0.05, 0.1) is 22.4 Å². The molecule has 1 aromatic carbocycles. The van der Waals surface area contributed by atoms with E-state index in [1.807, 2.05) is 0 Å². The smallest absolute Gasteiger partial charge is 0.341 e. The molecule has 0 spiro atoms. The molecule has 0 amide bonds. The van der Waals surface area contributed by atoms with Crippen molar-refractivity contribution in [2.45, 2.75) is 23.8 Å². The van der Waals surface area contributed by atoms with Crippen molar-refractivity contribution < 1.29 is 23.8 Å². The molecule has 2 aromatic rings. The molecule has 1 saturated carbocycles. The zero-order valence-electron chi connectivity index (χ0n) is 11.9. The van der Waals surface area contributed by atoms with Crippen LogP contribution in [0.1, 0.15) is 29.2 Å². The van der Waals surface area contributed by atoms with Crippen LogP contribution in [0.4, 0.5) is 8.78 Å². The molecule has 1 aromatic heterocycles. The van der Waals surface area contributed by atoms with Gasteiger partial charge in [0.15, 0.2) is 5.82 Å². The Bertz CT molecular complexity index is 861. The third-order valence-corrected chi connectivity index (χ3v) is 4.72. The molecule has 1 aliphatic rings. The van der Waals surface area contributed by atoms with Crippen LogP contribution in [0.3, 0.4) is 0 Å². The van der Waals surface area contributed by atoms with E-state index in [2.05, 4.69) is 0 Å². The van der Waals surface area contributed by atoms with Gasteiger partial charge in [-0.05, 0) is 18.9 Å². The monoisotopic (exact) mass is 341 g/mol. The summed E-state index contributed by atoms with van der Waals surface area (Å²) in [6.45, 7) is -0.241. The normalized spacial score (nSPS) is 14.4. The minimum absolute atomic E-state index is 0.0793. The van der Waals surface area contributed by atoms with Crippen molar-refractivity contribution in [2.75, 3.05) is 12.4 Å². The Labute approximate surface area is 133 Å². The quantitative estimate of drug-likeness (QED) is 0.817. The predicted octanol–water partition coefficient (Wildman–Crippen LogP) is 2.40. The zero-order chi connectivity index (χ0) is 16.7. The molecule has 1 aliphatic carbocycles. The van der Waals surface area contributed by atoms with Gasteiger partial charge in [-0.3, -0.25) is 4.79 Å². The van der Waals surface area contributed by atoms with Crippen LogP contribution in [0.5, 0.6) is 0 Å². The van der Waals surface area contributed by atoms with Crippen LogP contribution in [0.2, 0.25) is 0 Å². The first kappa shape index (κ1) is 15.9. The Kier molecular flexibility index (Phi) is 4.11. The summed E-state index contributed by atoms with van der Waals surface area (Å²) in [6.07, 6.45) is 2.62. The highest BCUT2D eigenvalue weighted by molar-refractivity contribution is 7.99. The molecule has 8 heteroatoms. The van der Waals surface area contributed by atoms with Crippen LogP contribution in [0, 0.1) is 11.6 Å². The van der Waals surface area contributed by atoms with E-state index in [1.165, 1.54) is 4.57 Å². The van der Waals surface area contributed by atoms with Crippen LogP contribution < -0.4 is 5.43 Å². The average Bonchev–Trinajstić information content (AvgIpc) is 3.32. The molecule has 3 rings (SSSR count). The van der Waals surface area contributed by atoms with Gasteiger partial charge in [0.2, 0.25) is 5.43 Å². The number of halogens is 2. The highest BCUT2D eigenvalue weighted by Crippen LogP contribution is 2.39. The van der Waals surface area contributed by atoms with Crippen LogP contribution in [0.15, 0.2) is 22.0 Å². The number of carbonyl (C=O) groups is 1. The second kappa shape index (κ2) is 5.93. The lowest BCUT2D eigenvalue weighted by Crippen LogP contribution is -2.20. The van der Waals surface area contributed by atoms with Crippen LogP contribution in [-0.4, -0.2) is 33.1 Å². The molecule has 5 nitrogen and oxygen atoms in total. The van der Waals surface area contributed by atoms with E-state index >= 15 is 0 Å². The molecule has 1 heterocycles. The van der Waals surface area contributed by atoms with E-state index in [1.54, 1.807) is 0 Å². The molecule has 0 bridgehead atoms. The van der Waals surface area contributed by atoms with E-state index in [0.29, 0.717) is 0 Å². The molecule has 1 fully saturated rings. The first-order chi connectivity index (χ1) is 11.0. The largest absolute Gasteiger partial charge is 0.477 e. The van der Waals surface area contributed by atoms with Crippen molar-refractivity contribution in [1.29, 1.82) is 0 Å². The fourth-order valence-corrected chi connectivity index (χ4v) is 3.21. The van der Waals surface area contributed by atoms with E-state index < -0.39 is 28.6 Å². The number of pyridine rings is 1. The molecule has 0 radical (unpaired) electrons. The minimum Gasteiger partial charge on any atom is -0.477 e. The van der Waals surface area contributed by atoms with Gasteiger partial charge < -0.3 is 14.8 Å². The maximum Gasteiger partial charge on any atom is 0.341 e. The molecule has 23 heavy (non-hydrogen) atoms. The molecule has 2 N–H and O–H groups in total. The van der Waals surface area contributed by atoms with Gasteiger partial charge in [-0.15, -0.1) is 11.8 Å². The number of fused-ring (bicyclic) bond motifs is 1. The third kappa shape index (κ3) is 2.72. The first-order valence-electron chi connectivity index (χ1n) is 6.99. The van der Waals surface area contributed by atoms with Gasteiger partial charge in [0, 0.05) is 18.0 Å². The zero-order valence-corrected chi connectivity index (χ0v) is 12.7. The predicted molar refractivity (Wildman–Crippen MR) is 81.2 cm³/mol. The van der Waals surface area contributed by atoms with Crippen molar-refractivity contribution in [1.82, 2.24) is 4.57 Å². The van der Waals surface area contributed by atoms with Crippen molar-refractivity contribution in [2.24, 2.45) is 0 Å². The standard InChI is InChI=1S/C15H13F2NO4S/c16-10-5-8-12(11(17)14(10)23-4-3-19)18(7-1-2-7)6-9(13(8)20)15(21)22/h5-7,19H,1-4H2,(H,21,22). The third-order valence-electron chi connectivity index (χ3n) is 3.67. The van der Waals surface area contributed by atoms with Crippen LogP contribution in [-0.2, 0) is 0 Å². The van der Waals surface area contributed by atoms with Crippen LogP contribution >= 0.6 is 11.8 Å². The lowest BCUT2D eigenvalue weighted by molar-refractivity contribution is 0.0694. The van der Waals surface area contributed by atoms with Crippen molar-refractivity contribution in [3.8, 4) is 0 Å². The molecular formula is C15H13F2NO4S. The van der Waals surface area contributed by atoms with E-state index in [-0.39, 0.29) is 34.2 Å². The van der Waals surface area contributed by atoms with Gasteiger partial charge in [-0.1, -0.05) is 0 Å². The second-order valence-corrected chi connectivity index (χ2v) is 6.39. The van der Waals surface area contributed by atoms with Gasteiger partial charge >= 0.3 is 5.97 Å².